The Kier molecular flexibility index (Phi) is 4.97. The zero-order chi connectivity index (χ0) is 19.0. The zero-order valence-corrected chi connectivity index (χ0v) is 16.0. The average molecular weight is 411 g/mol. The monoisotopic (exact) mass is 411 g/mol. The van der Waals surface area contributed by atoms with E-state index in [1.54, 1.807) is 0 Å². The molecule has 2 aliphatic heterocycles. The lowest BCUT2D eigenvalue weighted by atomic mass is 10.2. The molecule has 1 fully saturated rings. The van der Waals surface area contributed by atoms with E-state index in [0.717, 1.165) is 23.1 Å². The van der Waals surface area contributed by atoms with Crippen molar-refractivity contribution in [2.45, 2.75) is 36.8 Å². The van der Waals surface area contributed by atoms with Crippen molar-refractivity contribution in [2.75, 3.05) is 18.5 Å². The number of anilines is 1. The molecule has 0 saturated carbocycles. The number of carbonyl (C=O) groups excluding carboxylic acids is 1. The molecule has 0 aliphatic carbocycles. The first-order chi connectivity index (χ1) is 12.9. The van der Waals surface area contributed by atoms with E-state index in [4.69, 9.17) is 4.74 Å². The molecule has 2 aromatic rings. The van der Waals surface area contributed by atoms with Crippen molar-refractivity contribution in [1.82, 2.24) is 9.29 Å². The Morgan fingerprint density at radius 1 is 1.37 bits per heavy atom. The Hall–Kier alpha value is -1.88. The third-order valence-corrected chi connectivity index (χ3v) is 7.48. The van der Waals surface area contributed by atoms with Crippen LogP contribution in [0.3, 0.4) is 0 Å². The van der Waals surface area contributed by atoms with Gasteiger partial charge in [-0.15, -0.1) is 11.3 Å². The molecule has 0 radical (unpaired) electrons. The fraction of sp³-hybridized carbons (Fsp3) is 0.412. The van der Waals surface area contributed by atoms with Crippen molar-refractivity contribution < 1.29 is 22.3 Å². The lowest BCUT2D eigenvalue weighted by Gasteiger charge is -2.25. The summed E-state index contributed by atoms with van der Waals surface area (Å²) in [5.41, 5.74) is 0.766. The first kappa shape index (κ1) is 18.5. The second-order valence-corrected chi connectivity index (χ2v) is 9.39. The van der Waals surface area contributed by atoms with Crippen molar-refractivity contribution >= 4 is 32.4 Å². The summed E-state index contributed by atoms with van der Waals surface area (Å²) in [5.74, 6) is -0.994. The molecule has 10 heteroatoms. The van der Waals surface area contributed by atoms with E-state index >= 15 is 0 Å². The van der Waals surface area contributed by atoms with Crippen LogP contribution in [0.25, 0.3) is 0 Å². The number of fused-ring (bicyclic) bond motifs is 1. The zero-order valence-electron chi connectivity index (χ0n) is 14.4. The summed E-state index contributed by atoms with van der Waals surface area (Å²) in [4.78, 5) is 17.0. The third kappa shape index (κ3) is 3.62. The van der Waals surface area contributed by atoms with Gasteiger partial charge in [0.05, 0.1) is 12.2 Å². The number of ether oxygens (including phenoxy) is 1. The molecule has 0 bridgehead atoms. The molecule has 144 valence electrons. The molecule has 4 rings (SSSR count). The van der Waals surface area contributed by atoms with Gasteiger partial charge in [0.1, 0.15) is 16.8 Å². The van der Waals surface area contributed by atoms with E-state index in [0.29, 0.717) is 24.6 Å². The average Bonchev–Trinajstić information content (AvgIpc) is 3.30. The summed E-state index contributed by atoms with van der Waals surface area (Å²) in [6.07, 6.45) is 1.50. The van der Waals surface area contributed by atoms with Gasteiger partial charge in [-0.1, -0.05) is 12.1 Å². The van der Waals surface area contributed by atoms with E-state index in [-0.39, 0.29) is 23.9 Å². The molecule has 0 spiro atoms. The van der Waals surface area contributed by atoms with Gasteiger partial charge in [0.15, 0.2) is 5.13 Å². The summed E-state index contributed by atoms with van der Waals surface area (Å²) >= 11 is 1.24. The van der Waals surface area contributed by atoms with Crippen molar-refractivity contribution in [1.29, 1.82) is 0 Å². The number of hydrogen-bond acceptors (Lipinski definition) is 6. The SMILES string of the molecule is O=C(Nc1nc2c(s1)CN(S(=O)(=O)c1ccccc1F)CC2)C1CCCO1. The summed E-state index contributed by atoms with van der Waals surface area (Å²) in [5, 5.41) is 3.19. The van der Waals surface area contributed by atoms with Crippen LogP contribution >= 0.6 is 11.3 Å². The van der Waals surface area contributed by atoms with Gasteiger partial charge in [0, 0.05) is 24.4 Å². The number of hydrogen-bond donors (Lipinski definition) is 1. The maximum Gasteiger partial charge on any atom is 0.255 e. The number of benzene rings is 1. The van der Waals surface area contributed by atoms with E-state index in [1.165, 1.54) is 33.8 Å². The van der Waals surface area contributed by atoms with Gasteiger partial charge >= 0.3 is 0 Å². The lowest BCUT2D eigenvalue weighted by molar-refractivity contribution is -0.124. The molecule has 1 aromatic heterocycles. The smallest absolute Gasteiger partial charge is 0.255 e. The number of aromatic nitrogens is 1. The summed E-state index contributed by atoms with van der Waals surface area (Å²) in [7, 11) is -3.93. The van der Waals surface area contributed by atoms with Crippen molar-refractivity contribution in [3.05, 3.63) is 40.7 Å². The first-order valence-corrected chi connectivity index (χ1v) is 10.9. The van der Waals surface area contributed by atoms with E-state index < -0.39 is 21.9 Å². The Labute approximate surface area is 160 Å². The second-order valence-electron chi connectivity index (χ2n) is 6.40. The summed E-state index contributed by atoms with van der Waals surface area (Å²) < 4.78 is 46.1. The summed E-state index contributed by atoms with van der Waals surface area (Å²) in [6, 6.07) is 5.35. The second kappa shape index (κ2) is 7.27. The Morgan fingerprint density at radius 2 is 2.19 bits per heavy atom. The molecule has 1 aromatic carbocycles. The van der Waals surface area contributed by atoms with E-state index in [9.17, 15) is 17.6 Å². The highest BCUT2D eigenvalue weighted by atomic mass is 32.2. The number of thiazole rings is 1. The Morgan fingerprint density at radius 3 is 2.93 bits per heavy atom. The van der Waals surface area contributed by atoms with E-state index in [2.05, 4.69) is 10.3 Å². The van der Waals surface area contributed by atoms with Crippen molar-refractivity contribution in [3.63, 3.8) is 0 Å². The lowest BCUT2D eigenvalue weighted by Crippen LogP contribution is -2.35. The molecule has 1 unspecified atom stereocenters. The number of sulfonamides is 1. The quantitative estimate of drug-likeness (QED) is 0.833. The molecule has 27 heavy (non-hydrogen) atoms. The molecule has 2 aliphatic rings. The number of nitrogens with zero attached hydrogens (tertiary/aromatic N) is 2. The number of halogens is 1. The Bertz CT molecular complexity index is 970. The first-order valence-electron chi connectivity index (χ1n) is 8.61. The number of carbonyl (C=O) groups is 1. The highest BCUT2D eigenvalue weighted by Crippen LogP contribution is 2.32. The molecular formula is C17H18FN3O4S2. The predicted octanol–water partition coefficient (Wildman–Crippen LogP) is 2.15. The molecule has 1 saturated heterocycles. The minimum absolute atomic E-state index is 0.111. The number of amides is 1. The standard InChI is InChI=1S/C17H18FN3O4S2/c18-11-4-1-2-6-15(11)27(23,24)21-8-7-12-14(10-21)26-17(19-12)20-16(22)13-5-3-9-25-13/h1-2,4,6,13H,3,5,7-10H2,(H,19,20,22). The van der Waals surface area contributed by atoms with Gasteiger partial charge < -0.3 is 4.74 Å². The van der Waals surface area contributed by atoms with E-state index in [1.807, 2.05) is 0 Å². The molecule has 1 atom stereocenters. The fourth-order valence-corrected chi connectivity index (χ4v) is 5.78. The van der Waals surface area contributed by atoms with Crippen LogP contribution in [-0.4, -0.2) is 42.9 Å². The van der Waals surface area contributed by atoms with Crippen LogP contribution < -0.4 is 5.32 Å². The minimum atomic E-state index is -3.93. The highest BCUT2D eigenvalue weighted by molar-refractivity contribution is 7.89. The summed E-state index contributed by atoms with van der Waals surface area (Å²) in [6.45, 7) is 0.904. The fourth-order valence-electron chi connectivity index (χ4n) is 3.19. The largest absolute Gasteiger partial charge is 0.368 e. The van der Waals surface area contributed by atoms with Gasteiger partial charge in [0.2, 0.25) is 10.0 Å². The van der Waals surface area contributed by atoms with Crippen LogP contribution in [0.2, 0.25) is 0 Å². The van der Waals surface area contributed by atoms with Gasteiger partial charge in [0.25, 0.3) is 5.91 Å². The Balaban J connectivity index is 1.51. The van der Waals surface area contributed by atoms with Crippen molar-refractivity contribution in [2.24, 2.45) is 0 Å². The van der Waals surface area contributed by atoms with Gasteiger partial charge in [-0.25, -0.2) is 17.8 Å². The topological polar surface area (TPSA) is 88.6 Å². The van der Waals surface area contributed by atoms with Crippen LogP contribution in [0, 0.1) is 5.82 Å². The third-order valence-electron chi connectivity index (χ3n) is 4.60. The number of nitrogens with one attached hydrogen (secondary N) is 1. The molecule has 3 heterocycles. The van der Waals surface area contributed by atoms with Gasteiger partial charge in [-0.3, -0.25) is 10.1 Å². The van der Waals surface area contributed by atoms with Gasteiger partial charge in [-0.2, -0.15) is 4.31 Å². The molecule has 1 N–H and O–H groups in total. The van der Waals surface area contributed by atoms with Crippen molar-refractivity contribution in [3.8, 4) is 0 Å². The molecule has 7 nitrogen and oxygen atoms in total. The van der Waals surface area contributed by atoms with Crippen LogP contribution in [0.4, 0.5) is 9.52 Å². The maximum absolute atomic E-state index is 14.0. The van der Waals surface area contributed by atoms with Crippen LogP contribution in [0.5, 0.6) is 0 Å². The van der Waals surface area contributed by atoms with Gasteiger partial charge in [-0.05, 0) is 25.0 Å². The normalized spacial score (nSPS) is 20.4. The highest BCUT2D eigenvalue weighted by Gasteiger charge is 2.32. The molecule has 1 amide bonds. The maximum atomic E-state index is 14.0. The van der Waals surface area contributed by atoms with Crippen LogP contribution in [-0.2, 0) is 32.5 Å². The number of rotatable bonds is 4. The predicted molar refractivity (Wildman–Crippen MR) is 97.4 cm³/mol. The molecular weight excluding hydrogens is 393 g/mol. The van der Waals surface area contributed by atoms with Crippen LogP contribution in [0.1, 0.15) is 23.4 Å². The van der Waals surface area contributed by atoms with Crippen LogP contribution in [0.15, 0.2) is 29.2 Å². The minimum Gasteiger partial charge on any atom is -0.368 e.